The number of benzene rings is 1. The molecule has 0 saturated carbocycles. The molecule has 0 radical (unpaired) electrons. The van der Waals surface area contributed by atoms with E-state index in [-0.39, 0.29) is 18.0 Å². The molecule has 3 aromatic rings. The molecule has 2 aliphatic heterocycles. The number of hydrogen-bond donors (Lipinski definition) is 2. The second-order valence-corrected chi connectivity index (χ2v) is 13.1. The molecule has 0 bridgehead atoms. The number of nitrogens with zero attached hydrogens (tertiary/aromatic N) is 3. The molecule has 8 nitrogen and oxygen atoms in total. The van der Waals surface area contributed by atoms with Crippen LogP contribution in [0.5, 0.6) is 0 Å². The fourth-order valence-corrected chi connectivity index (χ4v) is 6.01. The van der Waals surface area contributed by atoms with Gasteiger partial charge in [-0.2, -0.15) is 0 Å². The minimum absolute atomic E-state index is 0.157. The van der Waals surface area contributed by atoms with Gasteiger partial charge in [-0.1, -0.05) is 19.9 Å². The standard InChI is InChI=1S/C32H42N4O4/c1-19(2)25-17-34-28-24(25)15-22(16-33-28)21-13-20-10-12-35(29(37)32(6,7)39)18-26(20)23(14-21)27-9-8-11-36(27)30(38)40-31(3,4)5/h13-17,19,27,39H,8-12,18H2,1-7H3,(H,33,34). The van der Waals surface area contributed by atoms with Gasteiger partial charge in [0.1, 0.15) is 16.8 Å². The molecule has 1 atom stereocenters. The lowest BCUT2D eigenvalue weighted by atomic mass is 9.86. The number of amides is 2. The Morgan fingerprint density at radius 1 is 1.10 bits per heavy atom. The van der Waals surface area contributed by atoms with Crippen LogP contribution in [-0.2, 0) is 22.5 Å². The Bertz CT molecular complexity index is 1440. The van der Waals surface area contributed by atoms with Crippen LogP contribution in [0, 0.1) is 0 Å². The number of hydrogen-bond acceptors (Lipinski definition) is 5. The van der Waals surface area contributed by atoms with Crippen molar-refractivity contribution in [2.24, 2.45) is 0 Å². The third kappa shape index (κ3) is 5.46. The Labute approximate surface area is 236 Å². The molecule has 2 N–H and O–H groups in total. The number of aromatic nitrogens is 2. The lowest BCUT2D eigenvalue weighted by Gasteiger charge is -2.36. The van der Waals surface area contributed by atoms with Crippen molar-refractivity contribution in [1.82, 2.24) is 19.8 Å². The van der Waals surface area contributed by atoms with E-state index in [0.717, 1.165) is 46.1 Å². The monoisotopic (exact) mass is 546 g/mol. The lowest BCUT2D eigenvalue weighted by Crippen LogP contribution is -2.47. The predicted molar refractivity (Wildman–Crippen MR) is 156 cm³/mol. The van der Waals surface area contributed by atoms with Crippen molar-refractivity contribution in [3.8, 4) is 11.1 Å². The van der Waals surface area contributed by atoms with Gasteiger partial charge in [0.05, 0.1) is 6.04 Å². The van der Waals surface area contributed by atoms with E-state index in [1.807, 2.05) is 38.1 Å². The molecule has 1 fully saturated rings. The highest BCUT2D eigenvalue weighted by molar-refractivity contribution is 5.86. The topological polar surface area (TPSA) is 98.8 Å². The SMILES string of the molecule is CC(C)c1c[nH]c2ncc(-c3cc4c(c(C5CCCN5C(=O)OC(C)(C)C)c3)CN(C(=O)C(C)(C)O)CC4)cc12. The van der Waals surface area contributed by atoms with Crippen LogP contribution in [0.25, 0.3) is 22.2 Å². The van der Waals surface area contributed by atoms with Gasteiger partial charge in [0.25, 0.3) is 5.91 Å². The molecule has 214 valence electrons. The first kappa shape index (κ1) is 28.1. The van der Waals surface area contributed by atoms with Gasteiger partial charge in [0, 0.05) is 43.0 Å². The summed E-state index contributed by atoms with van der Waals surface area (Å²) in [6, 6.07) is 6.43. The van der Waals surface area contributed by atoms with E-state index >= 15 is 0 Å². The van der Waals surface area contributed by atoms with Gasteiger partial charge in [-0.25, -0.2) is 9.78 Å². The summed E-state index contributed by atoms with van der Waals surface area (Å²) in [6.45, 7) is 14.6. The Morgan fingerprint density at radius 3 is 2.52 bits per heavy atom. The van der Waals surface area contributed by atoms with Gasteiger partial charge < -0.3 is 24.6 Å². The van der Waals surface area contributed by atoms with Crippen molar-refractivity contribution >= 4 is 23.0 Å². The quantitative estimate of drug-likeness (QED) is 0.413. The van der Waals surface area contributed by atoms with Crippen LogP contribution >= 0.6 is 0 Å². The molecule has 1 unspecified atom stereocenters. The maximum Gasteiger partial charge on any atom is 0.410 e. The Hall–Kier alpha value is -3.39. The number of pyridine rings is 1. The van der Waals surface area contributed by atoms with Crippen molar-refractivity contribution in [3.05, 3.63) is 52.8 Å². The molecule has 8 heteroatoms. The zero-order valence-electron chi connectivity index (χ0n) is 24.8. The van der Waals surface area contributed by atoms with Crippen LogP contribution in [0.4, 0.5) is 4.79 Å². The summed E-state index contributed by atoms with van der Waals surface area (Å²) in [5, 5.41) is 11.6. The van der Waals surface area contributed by atoms with E-state index in [9.17, 15) is 14.7 Å². The van der Waals surface area contributed by atoms with Crippen LogP contribution in [0.15, 0.2) is 30.6 Å². The number of rotatable bonds is 4. The zero-order valence-corrected chi connectivity index (χ0v) is 24.8. The van der Waals surface area contributed by atoms with E-state index in [1.54, 1.807) is 4.90 Å². The predicted octanol–water partition coefficient (Wildman–Crippen LogP) is 6.08. The Morgan fingerprint density at radius 2 is 1.85 bits per heavy atom. The van der Waals surface area contributed by atoms with Crippen molar-refractivity contribution < 1.29 is 19.4 Å². The van der Waals surface area contributed by atoms with Crippen LogP contribution in [-0.4, -0.2) is 61.2 Å². The number of carbonyl (C=O) groups excluding carboxylic acids is 2. The summed E-state index contributed by atoms with van der Waals surface area (Å²) in [5.74, 6) is 0.0805. The first-order valence-corrected chi connectivity index (χ1v) is 14.4. The van der Waals surface area contributed by atoms with Crippen molar-refractivity contribution in [2.75, 3.05) is 13.1 Å². The average Bonchev–Trinajstić information content (AvgIpc) is 3.53. The normalized spacial score (nSPS) is 18.0. The lowest BCUT2D eigenvalue weighted by molar-refractivity contribution is -0.148. The summed E-state index contributed by atoms with van der Waals surface area (Å²) < 4.78 is 5.79. The van der Waals surface area contributed by atoms with Gasteiger partial charge >= 0.3 is 6.09 Å². The van der Waals surface area contributed by atoms with E-state index in [0.29, 0.717) is 32.0 Å². The second kappa shape index (κ2) is 10.2. The number of carbonyl (C=O) groups is 2. The number of aromatic amines is 1. The molecule has 2 aromatic heterocycles. The van der Waals surface area contributed by atoms with E-state index < -0.39 is 11.2 Å². The molecule has 5 rings (SSSR count). The minimum Gasteiger partial charge on any atom is -0.444 e. The van der Waals surface area contributed by atoms with Crippen LogP contribution in [0.3, 0.4) is 0 Å². The molecule has 1 aromatic carbocycles. The molecule has 40 heavy (non-hydrogen) atoms. The Kier molecular flexibility index (Phi) is 7.19. The van der Waals surface area contributed by atoms with Crippen molar-refractivity contribution in [3.63, 3.8) is 0 Å². The van der Waals surface area contributed by atoms with Gasteiger partial charge in [-0.05, 0) is 99.7 Å². The maximum atomic E-state index is 13.3. The molecular formula is C32H42N4O4. The summed E-state index contributed by atoms with van der Waals surface area (Å²) in [6.07, 6.45) is 6.00. The van der Waals surface area contributed by atoms with E-state index in [2.05, 4.69) is 37.0 Å². The third-order valence-electron chi connectivity index (χ3n) is 7.95. The van der Waals surface area contributed by atoms with E-state index in [1.165, 1.54) is 25.0 Å². The van der Waals surface area contributed by atoms with Crippen LogP contribution in [0.1, 0.15) is 95.5 Å². The number of aliphatic hydroxyl groups is 1. The highest BCUT2D eigenvalue weighted by Gasteiger charge is 2.38. The first-order chi connectivity index (χ1) is 18.7. The summed E-state index contributed by atoms with van der Waals surface area (Å²) in [7, 11) is 0. The number of H-pyrrole nitrogens is 1. The minimum atomic E-state index is -1.45. The molecule has 1 saturated heterocycles. The highest BCUT2D eigenvalue weighted by Crippen LogP contribution is 2.41. The average molecular weight is 547 g/mol. The second-order valence-electron chi connectivity index (χ2n) is 13.1. The molecule has 0 spiro atoms. The highest BCUT2D eigenvalue weighted by atomic mass is 16.6. The third-order valence-corrected chi connectivity index (χ3v) is 7.95. The fraction of sp³-hybridized carbons (Fsp3) is 0.531. The van der Waals surface area contributed by atoms with E-state index in [4.69, 9.17) is 9.72 Å². The van der Waals surface area contributed by atoms with Gasteiger partial charge in [0.2, 0.25) is 0 Å². The molecule has 0 aliphatic carbocycles. The number of fused-ring (bicyclic) bond motifs is 2. The summed E-state index contributed by atoms with van der Waals surface area (Å²) in [4.78, 5) is 37.9. The molecule has 4 heterocycles. The molecular weight excluding hydrogens is 504 g/mol. The van der Waals surface area contributed by atoms with Crippen molar-refractivity contribution in [2.45, 2.75) is 97.4 Å². The van der Waals surface area contributed by atoms with Gasteiger partial charge in [0.15, 0.2) is 0 Å². The van der Waals surface area contributed by atoms with Crippen molar-refractivity contribution in [1.29, 1.82) is 0 Å². The smallest absolute Gasteiger partial charge is 0.410 e. The number of likely N-dealkylation sites (tertiary alicyclic amines) is 1. The molecule has 2 amide bonds. The summed E-state index contributed by atoms with van der Waals surface area (Å²) >= 11 is 0. The summed E-state index contributed by atoms with van der Waals surface area (Å²) in [5.41, 5.74) is 5.42. The zero-order chi connectivity index (χ0) is 29.0. The fourth-order valence-electron chi connectivity index (χ4n) is 6.01. The number of nitrogens with one attached hydrogen (secondary N) is 1. The largest absolute Gasteiger partial charge is 0.444 e. The van der Waals surface area contributed by atoms with Crippen LogP contribution < -0.4 is 0 Å². The molecule has 2 aliphatic rings. The van der Waals surface area contributed by atoms with Crippen LogP contribution in [0.2, 0.25) is 0 Å². The van der Waals surface area contributed by atoms with Gasteiger partial charge in [-0.3, -0.25) is 4.79 Å². The first-order valence-electron chi connectivity index (χ1n) is 14.4. The Balaban J connectivity index is 1.61. The maximum absolute atomic E-state index is 13.3. The van der Waals surface area contributed by atoms with Gasteiger partial charge in [-0.15, -0.1) is 0 Å². The number of ether oxygens (including phenoxy) is 1.